The summed E-state index contributed by atoms with van der Waals surface area (Å²) in [5, 5.41) is 12.6. The molecule has 0 bridgehead atoms. The molecule has 5 aromatic rings. The molecule has 5 heteroatoms. The number of benzene rings is 3. The molecule has 0 radical (unpaired) electrons. The van der Waals surface area contributed by atoms with Gasteiger partial charge in [0.1, 0.15) is 11.4 Å². The Labute approximate surface area is 165 Å². The summed E-state index contributed by atoms with van der Waals surface area (Å²) in [4.78, 5) is 17.5. The van der Waals surface area contributed by atoms with E-state index >= 15 is 0 Å². The molecule has 0 aliphatic rings. The largest absolute Gasteiger partial charge is 0.422 e. The van der Waals surface area contributed by atoms with E-state index in [0.717, 1.165) is 16.2 Å². The summed E-state index contributed by atoms with van der Waals surface area (Å²) in [6.07, 6.45) is 0. The Hall–Kier alpha value is -4.17. The Bertz CT molecular complexity index is 1560. The molecule has 0 fully saturated rings. The quantitative estimate of drug-likeness (QED) is 0.330. The van der Waals surface area contributed by atoms with Gasteiger partial charge in [0.05, 0.1) is 27.9 Å². The van der Waals surface area contributed by atoms with Gasteiger partial charge in [-0.1, -0.05) is 48.5 Å². The third-order valence-corrected chi connectivity index (χ3v) is 5.33. The van der Waals surface area contributed by atoms with Crippen molar-refractivity contribution >= 4 is 38.5 Å². The van der Waals surface area contributed by atoms with Gasteiger partial charge in [-0.15, -0.1) is 0 Å². The average molecular weight is 377 g/mol. The van der Waals surface area contributed by atoms with Crippen molar-refractivity contribution < 1.29 is 4.42 Å². The summed E-state index contributed by atoms with van der Waals surface area (Å²) < 4.78 is 5.65. The molecule has 0 aliphatic carbocycles. The van der Waals surface area contributed by atoms with Crippen molar-refractivity contribution in [1.82, 2.24) is 4.98 Å². The molecule has 5 nitrogen and oxygen atoms in total. The number of rotatable bonds is 1. The molecular weight excluding hydrogens is 362 g/mol. The van der Waals surface area contributed by atoms with Crippen LogP contribution >= 0.6 is 0 Å². The summed E-state index contributed by atoms with van der Waals surface area (Å²) in [5.74, 6) is 0.275. The van der Waals surface area contributed by atoms with Gasteiger partial charge in [-0.2, -0.15) is 5.26 Å². The fourth-order valence-corrected chi connectivity index (χ4v) is 4.03. The molecule has 0 atom stereocenters. The number of hydrogen-bond donors (Lipinski definition) is 1. The van der Waals surface area contributed by atoms with E-state index in [4.69, 9.17) is 10.2 Å². The van der Waals surface area contributed by atoms with Crippen LogP contribution in [0.4, 0.5) is 5.82 Å². The highest BCUT2D eigenvalue weighted by molar-refractivity contribution is 6.18. The molecule has 0 aliphatic heterocycles. The van der Waals surface area contributed by atoms with Crippen LogP contribution in [-0.2, 0) is 0 Å². The van der Waals surface area contributed by atoms with Gasteiger partial charge in [-0.25, -0.2) is 9.78 Å². The second-order valence-electron chi connectivity index (χ2n) is 6.93. The molecule has 2 N–H and O–H groups in total. The van der Waals surface area contributed by atoms with Crippen molar-refractivity contribution in [3.63, 3.8) is 0 Å². The Balaban J connectivity index is 2.01. The minimum Gasteiger partial charge on any atom is -0.422 e. The molecule has 0 spiro atoms. The lowest BCUT2D eigenvalue weighted by molar-refractivity contribution is 0.569. The number of aromatic nitrogens is 1. The first kappa shape index (κ1) is 17.0. The molecule has 2 aromatic heterocycles. The minimum atomic E-state index is -0.469. The van der Waals surface area contributed by atoms with Crippen molar-refractivity contribution in [2.75, 3.05) is 5.73 Å². The molecular formula is C24H15N3O2. The molecule has 0 amide bonds. The van der Waals surface area contributed by atoms with Crippen molar-refractivity contribution in [2.24, 2.45) is 0 Å². The van der Waals surface area contributed by atoms with Gasteiger partial charge in [0.2, 0.25) is 0 Å². The fourth-order valence-electron chi connectivity index (χ4n) is 4.03. The van der Waals surface area contributed by atoms with Crippen molar-refractivity contribution in [3.8, 4) is 17.2 Å². The van der Waals surface area contributed by atoms with E-state index in [1.54, 1.807) is 18.2 Å². The summed E-state index contributed by atoms with van der Waals surface area (Å²) >= 11 is 0. The van der Waals surface area contributed by atoms with Crippen LogP contribution in [-0.4, -0.2) is 4.98 Å². The van der Waals surface area contributed by atoms with E-state index in [9.17, 15) is 10.1 Å². The standard InChI is InChI=1S/C24H15N3O2/c1-13-19(17-9-5-3-7-15(17)12-25)23(26)27-22-20(13)24(28)29-18-11-10-14-6-2-4-8-16(14)21(18)22/h2-11H,1H3,(H2,26,27). The number of pyridine rings is 1. The van der Waals surface area contributed by atoms with Gasteiger partial charge < -0.3 is 10.2 Å². The molecule has 138 valence electrons. The zero-order valence-corrected chi connectivity index (χ0v) is 15.6. The van der Waals surface area contributed by atoms with Crippen molar-refractivity contribution in [3.05, 3.63) is 82.2 Å². The second kappa shape index (κ2) is 6.18. The smallest absolute Gasteiger partial charge is 0.346 e. The first-order valence-electron chi connectivity index (χ1n) is 9.14. The number of anilines is 1. The SMILES string of the molecule is Cc1c(-c2ccccc2C#N)c(N)nc2c1c(=O)oc1ccc3ccccc3c12. The molecule has 2 heterocycles. The zero-order valence-electron chi connectivity index (χ0n) is 15.6. The number of nitrogens with zero attached hydrogens (tertiary/aromatic N) is 2. The number of aryl methyl sites for hydroxylation is 1. The summed E-state index contributed by atoms with van der Waals surface area (Å²) in [5.41, 5.74) is 9.25. The zero-order chi connectivity index (χ0) is 20.1. The molecule has 3 aromatic carbocycles. The van der Waals surface area contributed by atoms with Crippen molar-refractivity contribution in [2.45, 2.75) is 6.92 Å². The lowest BCUT2D eigenvalue weighted by Crippen LogP contribution is -2.08. The van der Waals surface area contributed by atoms with Crippen LogP contribution < -0.4 is 11.4 Å². The Kier molecular flexibility index (Phi) is 3.62. The van der Waals surface area contributed by atoms with Crippen LogP contribution in [0, 0.1) is 18.3 Å². The maximum atomic E-state index is 12.9. The number of hydrogen-bond acceptors (Lipinski definition) is 5. The summed E-state index contributed by atoms with van der Waals surface area (Å²) in [6, 6.07) is 20.9. The predicted molar refractivity (Wildman–Crippen MR) is 115 cm³/mol. The Morgan fingerprint density at radius 3 is 2.59 bits per heavy atom. The Morgan fingerprint density at radius 2 is 1.76 bits per heavy atom. The predicted octanol–water partition coefficient (Wildman–Crippen LogP) is 4.92. The maximum absolute atomic E-state index is 12.9. The Morgan fingerprint density at radius 1 is 1.00 bits per heavy atom. The molecule has 29 heavy (non-hydrogen) atoms. The lowest BCUT2D eigenvalue weighted by atomic mass is 9.94. The van der Waals surface area contributed by atoms with E-state index in [-0.39, 0.29) is 5.82 Å². The minimum absolute atomic E-state index is 0.275. The molecule has 0 saturated heterocycles. The third kappa shape index (κ3) is 2.40. The van der Waals surface area contributed by atoms with Crippen LogP contribution in [0.3, 0.4) is 0 Å². The number of nitrogen functional groups attached to an aromatic ring is 1. The monoisotopic (exact) mass is 377 g/mol. The van der Waals surface area contributed by atoms with E-state index in [2.05, 4.69) is 11.1 Å². The summed E-state index contributed by atoms with van der Waals surface area (Å²) in [6.45, 7) is 1.82. The number of nitriles is 1. The van der Waals surface area contributed by atoms with Crippen LogP contribution in [0.5, 0.6) is 0 Å². The van der Waals surface area contributed by atoms with Gasteiger partial charge in [0.15, 0.2) is 0 Å². The maximum Gasteiger partial charge on any atom is 0.346 e. The van der Waals surface area contributed by atoms with Gasteiger partial charge in [0, 0.05) is 11.1 Å². The summed E-state index contributed by atoms with van der Waals surface area (Å²) in [7, 11) is 0. The van der Waals surface area contributed by atoms with Gasteiger partial charge in [0.25, 0.3) is 0 Å². The van der Waals surface area contributed by atoms with E-state index in [1.165, 1.54) is 0 Å². The van der Waals surface area contributed by atoms with Crippen LogP contribution in [0.1, 0.15) is 11.1 Å². The van der Waals surface area contributed by atoms with E-state index in [1.807, 2.05) is 49.4 Å². The first-order chi connectivity index (χ1) is 14.1. The average Bonchev–Trinajstić information content (AvgIpc) is 2.73. The van der Waals surface area contributed by atoms with E-state index in [0.29, 0.717) is 38.7 Å². The normalized spacial score (nSPS) is 11.2. The molecule has 0 saturated carbocycles. The van der Waals surface area contributed by atoms with Crippen LogP contribution in [0.2, 0.25) is 0 Å². The third-order valence-electron chi connectivity index (χ3n) is 5.33. The van der Waals surface area contributed by atoms with Gasteiger partial charge in [-0.3, -0.25) is 0 Å². The number of nitrogens with two attached hydrogens (primary N) is 1. The highest BCUT2D eigenvalue weighted by Gasteiger charge is 2.20. The van der Waals surface area contributed by atoms with E-state index < -0.39 is 5.63 Å². The highest BCUT2D eigenvalue weighted by Crippen LogP contribution is 2.37. The second-order valence-corrected chi connectivity index (χ2v) is 6.93. The van der Waals surface area contributed by atoms with Crippen LogP contribution in [0.15, 0.2) is 69.9 Å². The first-order valence-corrected chi connectivity index (χ1v) is 9.14. The highest BCUT2D eigenvalue weighted by atomic mass is 16.4. The van der Waals surface area contributed by atoms with Crippen LogP contribution in [0.25, 0.3) is 43.8 Å². The van der Waals surface area contributed by atoms with Gasteiger partial charge >= 0.3 is 5.63 Å². The number of fused-ring (bicyclic) bond motifs is 5. The molecule has 0 unspecified atom stereocenters. The molecule has 5 rings (SSSR count). The van der Waals surface area contributed by atoms with Gasteiger partial charge in [-0.05, 0) is 35.4 Å². The lowest BCUT2D eigenvalue weighted by Gasteiger charge is -2.14. The topological polar surface area (TPSA) is 92.9 Å². The fraction of sp³-hybridized carbons (Fsp3) is 0.0417. The van der Waals surface area contributed by atoms with Crippen molar-refractivity contribution in [1.29, 1.82) is 5.26 Å².